The van der Waals surface area contributed by atoms with Gasteiger partial charge < -0.3 is 5.32 Å². The normalized spacial score (nSPS) is 13.2. The van der Waals surface area contributed by atoms with Crippen LogP contribution < -0.4 is 5.32 Å². The van der Waals surface area contributed by atoms with E-state index in [9.17, 15) is 13.2 Å². The molecular formula is C12H13F3N6. The van der Waals surface area contributed by atoms with Gasteiger partial charge in [0.05, 0.1) is 12.0 Å². The van der Waals surface area contributed by atoms with Crippen molar-refractivity contribution in [2.75, 3.05) is 11.9 Å². The Labute approximate surface area is 118 Å². The highest BCUT2D eigenvalue weighted by Gasteiger charge is 2.38. The third kappa shape index (κ3) is 2.74. The molecule has 0 spiro atoms. The number of nitrogens with zero attached hydrogens (tertiary/aromatic N) is 5. The summed E-state index contributed by atoms with van der Waals surface area (Å²) in [5, 5.41) is 22.3. The number of fused-ring (bicyclic) bond motifs is 1. The molecule has 2 rings (SSSR count). The molecule has 21 heavy (non-hydrogen) atoms. The zero-order valence-corrected chi connectivity index (χ0v) is 11.7. The number of rotatable bonds is 3. The van der Waals surface area contributed by atoms with Gasteiger partial charge in [-0.3, -0.25) is 0 Å². The van der Waals surface area contributed by atoms with Gasteiger partial charge in [-0.2, -0.15) is 22.9 Å². The lowest BCUT2D eigenvalue weighted by molar-refractivity contribution is -0.146. The average Bonchev–Trinajstić information content (AvgIpc) is 2.84. The van der Waals surface area contributed by atoms with Crippen LogP contribution in [0.3, 0.4) is 0 Å². The fourth-order valence-corrected chi connectivity index (χ4v) is 1.77. The molecule has 112 valence electrons. The molecule has 1 unspecified atom stereocenters. The van der Waals surface area contributed by atoms with Crippen molar-refractivity contribution in [1.82, 2.24) is 19.8 Å². The van der Waals surface area contributed by atoms with Crippen LogP contribution in [0.5, 0.6) is 0 Å². The first-order valence-electron chi connectivity index (χ1n) is 6.19. The Hall–Kier alpha value is -2.37. The van der Waals surface area contributed by atoms with Crippen molar-refractivity contribution in [3.8, 4) is 6.07 Å². The monoisotopic (exact) mass is 298 g/mol. The van der Waals surface area contributed by atoms with E-state index in [1.54, 1.807) is 20.8 Å². The summed E-state index contributed by atoms with van der Waals surface area (Å²) < 4.78 is 39.3. The Morgan fingerprint density at radius 1 is 1.29 bits per heavy atom. The molecule has 0 aliphatic rings. The van der Waals surface area contributed by atoms with Crippen molar-refractivity contribution in [2.24, 2.45) is 5.92 Å². The lowest BCUT2D eigenvalue weighted by Gasteiger charge is -2.13. The molecule has 9 heteroatoms. The van der Waals surface area contributed by atoms with Gasteiger partial charge in [-0.05, 0) is 26.3 Å². The Morgan fingerprint density at radius 3 is 2.52 bits per heavy atom. The van der Waals surface area contributed by atoms with E-state index in [0.717, 1.165) is 0 Å². The molecule has 1 atom stereocenters. The predicted octanol–water partition coefficient (Wildman–Crippen LogP) is 2.33. The van der Waals surface area contributed by atoms with Gasteiger partial charge >= 0.3 is 6.18 Å². The van der Waals surface area contributed by atoms with Gasteiger partial charge in [0.2, 0.25) is 0 Å². The zero-order valence-electron chi connectivity index (χ0n) is 11.7. The average molecular weight is 298 g/mol. The van der Waals surface area contributed by atoms with Crippen molar-refractivity contribution < 1.29 is 13.2 Å². The number of nitrogens with one attached hydrogen (secondary N) is 1. The second-order valence-corrected chi connectivity index (χ2v) is 4.77. The molecule has 0 aliphatic heterocycles. The Kier molecular flexibility index (Phi) is 3.72. The van der Waals surface area contributed by atoms with Crippen LogP contribution in [0.2, 0.25) is 0 Å². The second kappa shape index (κ2) is 5.20. The SMILES string of the molecule is Cc1c(NCC(C)C#N)nn2c(C(F)(F)F)nnc2c1C. The summed E-state index contributed by atoms with van der Waals surface area (Å²) in [5.74, 6) is -1.17. The van der Waals surface area contributed by atoms with E-state index in [-0.39, 0.29) is 17.4 Å². The van der Waals surface area contributed by atoms with Crippen molar-refractivity contribution in [1.29, 1.82) is 5.26 Å². The summed E-state index contributed by atoms with van der Waals surface area (Å²) in [6, 6.07) is 2.04. The van der Waals surface area contributed by atoms with E-state index in [1.165, 1.54) is 0 Å². The maximum absolute atomic E-state index is 12.9. The predicted molar refractivity (Wildman–Crippen MR) is 68.5 cm³/mol. The molecular weight excluding hydrogens is 285 g/mol. The highest BCUT2D eigenvalue weighted by molar-refractivity contribution is 5.58. The smallest absolute Gasteiger partial charge is 0.367 e. The molecule has 0 aliphatic carbocycles. The van der Waals surface area contributed by atoms with Gasteiger partial charge in [0, 0.05) is 12.1 Å². The van der Waals surface area contributed by atoms with Gasteiger partial charge in [0.15, 0.2) is 5.65 Å². The quantitative estimate of drug-likeness (QED) is 0.940. The molecule has 0 saturated heterocycles. The minimum Gasteiger partial charge on any atom is -0.367 e. The highest BCUT2D eigenvalue weighted by Crippen LogP contribution is 2.29. The van der Waals surface area contributed by atoms with Crippen LogP contribution in [0.1, 0.15) is 23.9 Å². The van der Waals surface area contributed by atoms with E-state index in [2.05, 4.69) is 20.6 Å². The first kappa shape index (κ1) is 15.0. The van der Waals surface area contributed by atoms with Gasteiger partial charge in [-0.15, -0.1) is 15.3 Å². The van der Waals surface area contributed by atoms with Crippen LogP contribution in [0.25, 0.3) is 5.65 Å². The molecule has 0 bridgehead atoms. The Balaban J connectivity index is 2.52. The summed E-state index contributed by atoms with van der Waals surface area (Å²) in [5.41, 5.74) is 1.30. The minimum atomic E-state index is -4.63. The molecule has 1 N–H and O–H groups in total. The number of halogens is 3. The van der Waals surface area contributed by atoms with E-state index in [1.807, 2.05) is 6.07 Å². The third-order valence-electron chi connectivity index (χ3n) is 3.14. The fourth-order valence-electron chi connectivity index (χ4n) is 1.77. The third-order valence-corrected chi connectivity index (χ3v) is 3.14. The molecule has 0 fully saturated rings. The van der Waals surface area contributed by atoms with Crippen molar-refractivity contribution in [3.05, 3.63) is 17.0 Å². The molecule has 2 aromatic heterocycles. The highest BCUT2D eigenvalue weighted by atomic mass is 19.4. The number of nitriles is 1. The van der Waals surface area contributed by atoms with Crippen molar-refractivity contribution in [3.63, 3.8) is 0 Å². The fraction of sp³-hybridized carbons (Fsp3) is 0.500. The van der Waals surface area contributed by atoms with Gasteiger partial charge in [0.1, 0.15) is 5.82 Å². The van der Waals surface area contributed by atoms with Crippen LogP contribution in [-0.2, 0) is 6.18 Å². The van der Waals surface area contributed by atoms with Crippen LogP contribution in [0.4, 0.5) is 19.0 Å². The number of hydrogen-bond donors (Lipinski definition) is 1. The maximum atomic E-state index is 12.9. The Bertz CT molecular complexity index is 712. The molecule has 0 saturated carbocycles. The van der Waals surface area contributed by atoms with Gasteiger partial charge in [-0.1, -0.05) is 0 Å². The first-order chi connectivity index (χ1) is 9.75. The number of anilines is 1. The van der Waals surface area contributed by atoms with Gasteiger partial charge in [-0.25, -0.2) is 0 Å². The number of aromatic nitrogens is 4. The summed E-state index contributed by atoms with van der Waals surface area (Å²) in [6.45, 7) is 5.37. The summed E-state index contributed by atoms with van der Waals surface area (Å²) in [7, 11) is 0. The molecule has 0 amide bonds. The first-order valence-corrected chi connectivity index (χ1v) is 6.19. The van der Waals surface area contributed by atoms with Gasteiger partial charge in [0.25, 0.3) is 5.82 Å². The zero-order chi connectivity index (χ0) is 15.8. The summed E-state index contributed by atoms with van der Waals surface area (Å²) in [4.78, 5) is 0. The molecule has 2 aromatic rings. The molecule has 6 nitrogen and oxygen atoms in total. The molecule has 0 radical (unpaired) electrons. The maximum Gasteiger partial charge on any atom is 0.453 e. The lowest BCUT2D eigenvalue weighted by atomic mass is 10.1. The van der Waals surface area contributed by atoms with E-state index < -0.39 is 12.0 Å². The number of aryl methyl sites for hydroxylation is 1. The van der Waals surface area contributed by atoms with Crippen molar-refractivity contribution in [2.45, 2.75) is 26.9 Å². The van der Waals surface area contributed by atoms with Crippen LogP contribution in [0.15, 0.2) is 0 Å². The van der Waals surface area contributed by atoms with E-state index >= 15 is 0 Å². The summed E-state index contributed by atoms with van der Waals surface area (Å²) >= 11 is 0. The van der Waals surface area contributed by atoms with Crippen LogP contribution in [0, 0.1) is 31.1 Å². The van der Waals surface area contributed by atoms with E-state index in [4.69, 9.17) is 5.26 Å². The van der Waals surface area contributed by atoms with E-state index in [0.29, 0.717) is 22.2 Å². The lowest BCUT2D eigenvalue weighted by Crippen LogP contribution is -2.17. The molecule has 2 heterocycles. The van der Waals surface area contributed by atoms with Crippen LogP contribution >= 0.6 is 0 Å². The van der Waals surface area contributed by atoms with Crippen molar-refractivity contribution >= 4 is 11.5 Å². The standard InChI is InChI=1S/C12H13F3N6/c1-6(4-16)5-17-9-7(2)8(3)10-18-19-11(12(13,14)15)21(10)20-9/h6H,5H2,1-3H3,(H,17,20). The number of hydrogen-bond acceptors (Lipinski definition) is 5. The number of alkyl halides is 3. The topological polar surface area (TPSA) is 78.9 Å². The minimum absolute atomic E-state index is 0.0682. The van der Waals surface area contributed by atoms with Crippen LogP contribution in [-0.4, -0.2) is 26.4 Å². The second-order valence-electron chi connectivity index (χ2n) is 4.77. The molecule has 0 aromatic carbocycles. The Morgan fingerprint density at radius 2 is 1.95 bits per heavy atom. The summed E-state index contributed by atoms with van der Waals surface area (Å²) in [6.07, 6.45) is -4.63. The largest absolute Gasteiger partial charge is 0.453 e.